The van der Waals surface area contributed by atoms with E-state index in [0.717, 1.165) is 23.3 Å². The molecule has 0 spiro atoms. The lowest BCUT2D eigenvalue weighted by Crippen LogP contribution is -1.98. The number of hydrogen-bond acceptors (Lipinski definition) is 2. The van der Waals surface area contributed by atoms with Crippen LogP contribution in [-0.2, 0) is 0 Å². The van der Waals surface area contributed by atoms with Crippen LogP contribution in [0, 0.1) is 6.92 Å². The third-order valence-electron chi connectivity index (χ3n) is 2.53. The van der Waals surface area contributed by atoms with Crippen molar-refractivity contribution >= 4 is 11.4 Å². The number of anilines is 1. The van der Waals surface area contributed by atoms with Crippen LogP contribution in [0.3, 0.4) is 0 Å². The molecule has 0 amide bonds. The molecule has 1 aromatic heterocycles. The molecule has 1 heterocycles. The normalized spacial score (nSPS) is 10.3. The molecule has 0 aliphatic heterocycles. The van der Waals surface area contributed by atoms with Crippen molar-refractivity contribution in [3.63, 3.8) is 0 Å². The standard InChI is InChI=1S/C13H20N2/c1-4-5-6-7-10(2)12-9-8-11(3)15-13(12)14/h8-9H,2,4-7H2,1,3H3,(H2,14,15). The van der Waals surface area contributed by atoms with E-state index in [1.807, 2.05) is 19.1 Å². The largest absolute Gasteiger partial charge is 0.383 e. The van der Waals surface area contributed by atoms with E-state index in [2.05, 4.69) is 18.5 Å². The molecular formula is C13H20N2. The second-order valence-electron chi connectivity index (χ2n) is 3.95. The maximum Gasteiger partial charge on any atom is 0.131 e. The molecule has 0 fully saturated rings. The maximum absolute atomic E-state index is 5.85. The second-order valence-corrected chi connectivity index (χ2v) is 3.95. The Labute approximate surface area is 92.2 Å². The summed E-state index contributed by atoms with van der Waals surface area (Å²) >= 11 is 0. The number of allylic oxidation sites excluding steroid dienone is 1. The van der Waals surface area contributed by atoms with E-state index in [-0.39, 0.29) is 0 Å². The average Bonchev–Trinajstić information content (AvgIpc) is 2.17. The number of nitrogen functional groups attached to an aromatic ring is 1. The van der Waals surface area contributed by atoms with Gasteiger partial charge in [-0.15, -0.1) is 0 Å². The van der Waals surface area contributed by atoms with E-state index in [1.54, 1.807) is 0 Å². The molecule has 15 heavy (non-hydrogen) atoms. The van der Waals surface area contributed by atoms with Crippen LogP contribution in [0.4, 0.5) is 5.82 Å². The van der Waals surface area contributed by atoms with Crippen LogP contribution in [-0.4, -0.2) is 4.98 Å². The van der Waals surface area contributed by atoms with Gasteiger partial charge in [-0.2, -0.15) is 0 Å². The van der Waals surface area contributed by atoms with Crippen molar-refractivity contribution in [1.29, 1.82) is 0 Å². The van der Waals surface area contributed by atoms with Gasteiger partial charge in [-0.05, 0) is 37.5 Å². The van der Waals surface area contributed by atoms with Gasteiger partial charge in [-0.1, -0.05) is 26.3 Å². The van der Waals surface area contributed by atoms with Gasteiger partial charge in [0, 0.05) is 11.3 Å². The molecule has 1 rings (SSSR count). The highest BCUT2D eigenvalue weighted by molar-refractivity contribution is 5.71. The first-order chi connectivity index (χ1) is 7.15. The Balaban J connectivity index is 2.65. The minimum absolute atomic E-state index is 0.608. The lowest BCUT2D eigenvalue weighted by atomic mass is 10.0. The van der Waals surface area contributed by atoms with Crippen molar-refractivity contribution in [3.8, 4) is 0 Å². The van der Waals surface area contributed by atoms with Crippen LogP contribution < -0.4 is 5.73 Å². The van der Waals surface area contributed by atoms with Gasteiger partial charge in [0.2, 0.25) is 0 Å². The Morgan fingerprint density at radius 2 is 2.13 bits per heavy atom. The van der Waals surface area contributed by atoms with Crippen LogP contribution in [0.2, 0.25) is 0 Å². The number of aryl methyl sites for hydroxylation is 1. The van der Waals surface area contributed by atoms with Crippen molar-refractivity contribution < 1.29 is 0 Å². The summed E-state index contributed by atoms with van der Waals surface area (Å²) in [7, 11) is 0. The number of pyridine rings is 1. The van der Waals surface area contributed by atoms with Gasteiger partial charge in [-0.25, -0.2) is 4.98 Å². The number of rotatable bonds is 5. The fourth-order valence-electron chi connectivity index (χ4n) is 1.60. The second kappa shape index (κ2) is 5.54. The predicted octanol–water partition coefficient (Wildman–Crippen LogP) is 3.57. The van der Waals surface area contributed by atoms with Crippen LogP contribution in [0.15, 0.2) is 18.7 Å². The van der Waals surface area contributed by atoms with Gasteiger partial charge >= 0.3 is 0 Å². The number of unbranched alkanes of at least 4 members (excludes halogenated alkanes) is 2. The monoisotopic (exact) mass is 204 g/mol. The molecule has 2 nitrogen and oxygen atoms in total. The average molecular weight is 204 g/mol. The minimum atomic E-state index is 0.608. The molecule has 2 N–H and O–H groups in total. The molecule has 0 unspecified atom stereocenters. The van der Waals surface area contributed by atoms with E-state index in [4.69, 9.17) is 5.73 Å². The number of aromatic nitrogens is 1. The van der Waals surface area contributed by atoms with Crippen LogP contribution >= 0.6 is 0 Å². The quantitative estimate of drug-likeness (QED) is 0.745. The Kier molecular flexibility index (Phi) is 4.35. The molecule has 0 aliphatic carbocycles. The van der Waals surface area contributed by atoms with E-state index in [0.29, 0.717) is 5.82 Å². The third kappa shape index (κ3) is 3.39. The van der Waals surface area contributed by atoms with E-state index in [1.165, 1.54) is 19.3 Å². The van der Waals surface area contributed by atoms with Gasteiger partial charge in [0.25, 0.3) is 0 Å². The molecule has 0 aromatic carbocycles. The molecular weight excluding hydrogens is 184 g/mol. The first kappa shape index (κ1) is 11.8. The summed E-state index contributed by atoms with van der Waals surface area (Å²) in [6.45, 7) is 8.21. The smallest absolute Gasteiger partial charge is 0.131 e. The fourth-order valence-corrected chi connectivity index (χ4v) is 1.60. The lowest BCUT2D eigenvalue weighted by molar-refractivity contribution is 0.736. The van der Waals surface area contributed by atoms with Gasteiger partial charge in [0.15, 0.2) is 0 Å². The zero-order chi connectivity index (χ0) is 11.3. The molecule has 0 saturated heterocycles. The maximum atomic E-state index is 5.85. The summed E-state index contributed by atoms with van der Waals surface area (Å²) in [6, 6.07) is 4.00. The molecule has 0 atom stereocenters. The topological polar surface area (TPSA) is 38.9 Å². The van der Waals surface area contributed by atoms with Gasteiger partial charge < -0.3 is 5.73 Å². The van der Waals surface area contributed by atoms with Crippen molar-refractivity contribution in [2.45, 2.75) is 39.5 Å². The summed E-state index contributed by atoms with van der Waals surface area (Å²) in [4.78, 5) is 4.24. The van der Waals surface area contributed by atoms with Crippen molar-refractivity contribution in [2.24, 2.45) is 0 Å². The van der Waals surface area contributed by atoms with E-state index < -0.39 is 0 Å². The zero-order valence-corrected chi connectivity index (χ0v) is 9.71. The minimum Gasteiger partial charge on any atom is -0.383 e. The molecule has 82 valence electrons. The molecule has 0 saturated carbocycles. The SMILES string of the molecule is C=C(CCCCC)c1ccc(C)nc1N. The van der Waals surface area contributed by atoms with E-state index in [9.17, 15) is 0 Å². The van der Waals surface area contributed by atoms with Crippen molar-refractivity contribution in [2.75, 3.05) is 5.73 Å². The molecule has 1 aromatic rings. The van der Waals surface area contributed by atoms with Crippen LogP contribution in [0.25, 0.3) is 5.57 Å². The third-order valence-corrected chi connectivity index (χ3v) is 2.53. The summed E-state index contributed by atoms with van der Waals surface area (Å²) in [5.74, 6) is 0.608. The fraction of sp³-hybridized carbons (Fsp3) is 0.462. The Bertz CT molecular complexity index is 342. The molecule has 0 aliphatic rings. The highest BCUT2D eigenvalue weighted by atomic mass is 14.8. The number of hydrogen-bond donors (Lipinski definition) is 1. The Hall–Kier alpha value is -1.31. The summed E-state index contributed by atoms with van der Waals surface area (Å²) < 4.78 is 0. The number of nitrogens with two attached hydrogens (primary N) is 1. The molecule has 0 radical (unpaired) electrons. The highest BCUT2D eigenvalue weighted by Gasteiger charge is 2.04. The first-order valence-electron chi connectivity index (χ1n) is 5.56. The summed E-state index contributed by atoms with van der Waals surface area (Å²) in [6.07, 6.45) is 4.68. The van der Waals surface area contributed by atoms with Gasteiger partial charge in [-0.3, -0.25) is 0 Å². The summed E-state index contributed by atoms with van der Waals surface area (Å²) in [5, 5.41) is 0. The Morgan fingerprint density at radius 3 is 2.73 bits per heavy atom. The molecule has 0 bridgehead atoms. The first-order valence-corrected chi connectivity index (χ1v) is 5.56. The summed E-state index contributed by atoms with van der Waals surface area (Å²) in [5.41, 5.74) is 8.93. The van der Waals surface area contributed by atoms with Gasteiger partial charge in [0.05, 0.1) is 0 Å². The van der Waals surface area contributed by atoms with Crippen LogP contribution in [0.1, 0.15) is 43.9 Å². The highest BCUT2D eigenvalue weighted by Crippen LogP contribution is 2.23. The van der Waals surface area contributed by atoms with Crippen molar-refractivity contribution in [1.82, 2.24) is 4.98 Å². The van der Waals surface area contributed by atoms with Gasteiger partial charge in [0.1, 0.15) is 5.82 Å². The van der Waals surface area contributed by atoms with Crippen LogP contribution in [0.5, 0.6) is 0 Å². The zero-order valence-electron chi connectivity index (χ0n) is 9.71. The lowest BCUT2D eigenvalue weighted by Gasteiger charge is -2.08. The predicted molar refractivity (Wildman–Crippen MR) is 66.6 cm³/mol. The molecule has 2 heteroatoms. The van der Waals surface area contributed by atoms with E-state index >= 15 is 0 Å². The number of nitrogens with zero attached hydrogens (tertiary/aromatic N) is 1. The van der Waals surface area contributed by atoms with Crippen molar-refractivity contribution in [3.05, 3.63) is 30.0 Å². The Morgan fingerprint density at radius 1 is 1.40 bits per heavy atom.